The Hall–Kier alpha value is -0.900. The summed E-state index contributed by atoms with van der Waals surface area (Å²) in [6, 6.07) is 10.8. The summed E-state index contributed by atoms with van der Waals surface area (Å²) < 4.78 is 5.44. The Morgan fingerprint density at radius 2 is 1.86 bits per heavy atom. The third kappa shape index (κ3) is 5.10. The lowest BCUT2D eigenvalue weighted by atomic mass is 9.97. The SMILES string of the molecule is CC(CCNCC(C)(C)N1CCOCC1)c1ccccc1. The molecule has 1 aliphatic rings. The van der Waals surface area contributed by atoms with Crippen LogP contribution in [0.5, 0.6) is 0 Å². The van der Waals surface area contributed by atoms with E-state index in [1.54, 1.807) is 0 Å². The van der Waals surface area contributed by atoms with Crippen molar-refractivity contribution in [2.75, 3.05) is 39.4 Å². The maximum atomic E-state index is 5.44. The number of ether oxygens (including phenoxy) is 1. The Morgan fingerprint density at radius 3 is 2.52 bits per heavy atom. The van der Waals surface area contributed by atoms with Crippen molar-refractivity contribution in [3.63, 3.8) is 0 Å². The van der Waals surface area contributed by atoms with Crippen LogP contribution in [0.1, 0.15) is 38.7 Å². The number of morpholine rings is 1. The Labute approximate surface area is 129 Å². The second-order valence-electron chi connectivity index (χ2n) is 6.69. The first-order chi connectivity index (χ1) is 10.1. The number of nitrogens with zero attached hydrogens (tertiary/aromatic N) is 1. The summed E-state index contributed by atoms with van der Waals surface area (Å²) in [5.74, 6) is 0.616. The molecule has 0 spiro atoms. The van der Waals surface area contributed by atoms with Gasteiger partial charge >= 0.3 is 0 Å². The number of benzene rings is 1. The summed E-state index contributed by atoms with van der Waals surface area (Å²) in [7, 11) is 0. The fourth-order valence-electron chi connectivity index (χ4n) is 2.94. The predicted molar refractivity (Wildman–Crippen MR) is 88.8 cm³/mol. The summed E-state index contributed by atoms with van der Waals surface area (Å²) in [5, 5.41) is 3.64. The van der Waals surface area contributed by atoms with Crippen LogP contribution in [0.25, 0.3) is 0 Å². The molecule has 0 saturated carbocycles. The van der Waals surface area contributed by atoms with Gasteiger partial charge in [0.05, 0.1) is 13.2 Å². The molecule has 1 saturated heterocycles. The Bertz CT molecular complexity index is 399. The quantitative estimate of drug-likeness (QED) is 0.782. The Morgan fingerprint density at radius 1 is 1.19 bits per heavy atom. The van der Waals surface area contributed by atoms with Crippen molar-refractivity contribution in [1.82, 2.24) is 10.2 Å². The van der Waals surface area contributed by atoms with Crippen LogP contribution < -0.4 is 5.32 Å². The molecule has 0 amide bonds. The first kappa shape index (κ1) is 16.5. The van der Waals surface area contributed by atoms with Gasteiger partial charge in [0.2, 0.25) is 0 Å². The molecule has 1 aromatic carbocycles. The third-order valence-corrected chi connectivity index (χ3v) is 4.55. The van der Waals surface area contributed by atoms with Gasteiger partial charge in [-0.25, -0.2) is 0 Å². The molecule has 118 valence electrons. The maximum Gasteiger partial charge on any atom is 0.0594 e. The molecule has 0 aliphatic carbocycles. The second kappa shape index (κ2) is 7.92. The van der Waals surface area contributed by atoms with Crippen molar-refractivity contribution in [3.05, 3.63) is 35.9 Å². The number of rotatable bonds is 7. The Kier molecular flexibility index (Phi) is 6.22. The minimum atomic E-state index is 0.208. The molecule has 1 atom stereocenters. The third-order valence-electron chi connectivity index (χ3n) is 4.55. The van der Waals surface area contributed by atoms with E-state index in [9.17, 15) is 0 Å². The van der Waals surface area contributed by atoms with Crippen LogP contribution in [-0.4, -0.2) is 49.8 Å². The first-order valence-corrected chi connectivity index (χ1v) is 8.18. The van der Waals surface area contributed by atoms with Gasteiger partial charge in [-0.2, -0.15) is 0 Å². The number of hydrogen-bond donors (Lipinski definition) is 1. The van der Waals surface area contributed by atoms with Crippen molar-refractivity contribution in [3.8, 4) is 0 Å². The van der Waals surface area contributed by atoms with E-state index in [-0.39, 0.29) is 5.54 Å². The molecule has 1 N–H and O–H groups in total. The van der Waals surface area contributed by atoms with E-state index in [4.69, 9.17) is 4.74 Å². The lowest BCUT2D eigenvalue weighted by Crippen LogP contribution is -2.54. The molecule has 1 aliphatic heterocycles. The van der Waals surface area contributed by atoms with Gasteiger partial charge in [0, 0.05) is 25.2 Å². The van der Waals surface area contributed by atoms with Gasteiger partial charge in [-0.3, -0.25) is 4.90 Å². The van der Waals surface area contributed by atoms with Gasteiger partial charge < -0.3 is 10.1 Å². The Balaban J connectivity index is 1.69. The van der Waals surface area contributed by atoms with Crippen LogP contribution in [0.15, 0.2) is 30.3 Å². The fraction of sp³-hybridized carbons (Fsp3) is 0.667. The van der Waals surface area contributed by atoms with Crippen LogP contribution >= 0.6 is 0 Å². The topological polar surface area (TPSA) is 24.5 Å². The summed E-state index contributed by atoms with van der Waals surface area (Å²) in [5.41, 5.74) is 1.64. The van der Waals surface area contributed by atoms with Crippen LogP contribution in [0.3, 0.4) is 0 Å². The highest BCUT2D eigenvalue weighted by atomic mass is 16.5. The maximum absolute atomic E-state index is 5.44. The van der Waals surface area contributed by atoms with Crippen molar-refractivity contribution in [2.24, 2.45) is 0 Å². The number of hydrogen-bond acceptors (Lipinski definition) is 3. The van der Waals surface area contributed by atoms with Crippen LogP contribution in [0.4, 0.5) is 0 Å². The average molecular weight is 290 g/mol. The van der Waals surface area contributed by atoms with E-state index in [0.717, 1.165) is 39.4 Å². The van der Waals surface area contributed by atoms with E-state index < -0.39 is 0 Å². The lowest BCUT2D eigenvalue weighted by Gasteiger charge is -2.41. The van der Waals surface area contributed by atoms with Crippen molar-refractivity contribution in [2.45, 2.75) is 38.6 Å². The van der Waals surface area contributed by atoms with Gasteiger partial charge in [-0.05, 0) is 38.3 Å². The molecule has 0 radical (unpaired) electrons. The second-order valence-corrected chi connectivity index (χ2v) is 6.69. The zero-order chi connectivity index (χ0) is 15.1. The minimum Gasteiger partial charge on any atom is -0.379 e. The molecule has 1 aromatic rings. The highest BCUT2D eigenvalue weighted by molar-refractivity contribution is 5.18. The first-order valence-electron chi connectivity index (χ1n) is 8.18. The van der Waals surface area contributed by atoms with Crippen molar-refractivity contribution >= 4 is 0 Å². The summed E-state index contributed by atoms with van der Waals surface area (Å²) in [6.07, 6.45) is 1.18. The van der Waals surface area contributed by atoms with Crippen molar-refractivity contribution in [1.29, 1.82) is 0 Å². The summed E-state index contributed by atoms with van der Waals surface area (Å²) in [6.45, 7) is 12.9. The molecule has 1 fully saturated rings. The zero-order valence-electron chi connectivity index (χ0n) is 13.8. The lowest BCUT2D eigenvalue weighted by molar-refractivity contribution is -0.00955. The molecule has 2 rings (SSSR count). The standard InChI is InChI=1S/C18H30N2O/c1-16(17-7-5-4-6-8-17)9-10-19-15-18(2,3)20-11-13-21-14-12-20/h4-8,16,19H,9-15H2,1-3H3. The zero-order valence-corrected chi connectivity index (χ0v) is 13.8. The number of nitrogens with one attached hydrogen (secondary N) is 1. The molecule has 3 nitrogen and oxygen atoms in total. The van der Waals surface area contributed by atoms with E-state index in [2.05, 4.69) is 61.3 Å². The fourth-order valence-corrected chi connectivity index (χ4v) is 2.94. The van der Waals surface area contributed by atoms with E-state index in [0.29, 0.717) is 5.92 Å². The van der Waals surface area contributed by atoms with Gasteiger partial charge in [0.25, 0.3) is 0 Å². The van der Waals surface area contributed by atoms with Crippen LogP contribution in [0, 0.1) is 0 Å². The van der Waals surface area contributed by atoms with E-state index in [1.807, 2.05) is 0 Å². The highest BCUT2D eigenvalue weighted by Gasteiger charge is 2.27. The molecule has 21 heavy (non-hydrogen) atoms. The highest BCUT2D eigenvalue weighted by Crippen LogP contribution is 2.18. The van der Waals surface area contributed by atoms with E-state index >= 15 is 0 Å². The molecule has 0 aromatic heterocycles. The van der Waals surface area contributed by atoms with Crippen LogP contribution in [-0.2, 0) is 4.74 Å². The molecular formula is C18H30N2O. The molecule has 3 heteroatoms. The van der Waals surface area contributed by atoms with Gasteiger partial charge in [-0.1, -0.05) is 37.3 Å². The summed E-state index contributed by atoms with van der Waals surface area (Å²) in [4.78, 5) is 2.53. The smallest absolute Gasteiger partial charge is 0.0594 e. The molecule has 1 unspecified atom stereocenters. The normalized spacial score (nSPS) is 18.6. The van der Waals surface area contributed by atoms with E-state index in [1.165, 1.54) is 12.0 Å². The minimum absolute atomic E-state index is 0.208. The van der Waals surface area contributed by atoms with Crippen molar-refractivity contribution < 1.29 is 4.74 Å². The average Bonchev–Trinajstić information content (AvgIpc) is 2.53. The van der Waals surface area contributed by atoms with Gasteiger partial charge in [0.1, 0.15) is 0 Å². The molecule has 1 heterocycles. The summed E-state index contributed by atoms with van der Waals surface area (Å²) >= 11 is 0. The predicted octanol–water partition coefficient (Wildman–Crippen LogP) is 2.88. The largest absolute Gasteiger partial charge is 0.379 e. The van der Waals surface area contributed by atoms with Gasteiger partial charge in [0.15, 0.2) is 0 Å². The van der Waals surface area contributed by atoms with Crippen LogP contribution in [0.2, 0.25) is 0 Å². The molecular weight excluding hydrogens is 260 g/mol. The van der Waals surface area contributed by atoms with Gasteiger partial charge in [-0.15, -0.1) is 0 Å². The monoisotopic (exact) mass is 290 g/mol. The molecule has 0 bridgehead atoms.